The Morgan fingerprint density at radius 1 is 1.25 bits per heavy atom. The minimum absolute atomic E-state index is 0.187. The third kappa shape index (κ3) is 2.06. The Morgan fingerprint density at radius 3 is 2.75 bits per heavy atom. The van der Waals surface area contributed by atoms with Gasteiger partial charge in [0.05, 0.1) is 5.56 Å². The van der Waals surface area contributed by atoms with Crippen LogP contribution in [0.3, 0.4) is 0 Å². The number of rotatable bonds is 2. The van der Waals surface area contributed by atoms with Crippen LogP contribution in [0.4, 0.5) is 0 Å². The van der Waals surface area contributed by atoms with Gasteiger partial charge in [-0.2, -0.15) is 0 Å². The Morgan fingerprint density at radius 2 is 2.06 bits per heavy atom. The van der Waals surface area contributed by atoms with Crippen molar-refractivity contribution in [2.75, 3.05) is 0 Å². The molecule has 0 radical (unpaired) electrons. The first kappa shape index (κ1) is 10.3. The molecule has 0 aliphatic carbocycles. The first-order chi connectivity index (χ1) is 7.66. The highest BCUT2D eigenvalue weighted by Gasteiger charge is 2.05. The van der Waals surface area contributed by atoms with Crippen molar-refractivity contribution < 1.29 is 9.90 Å². The molecule has 0 aliphatic heterocycles. The summed E-state index contributed by atoms with van der Waals surface area (Å²) in [4.78, 5) is 18.8. The largest absolute Gasteiger partial charge is 0.478 e. The molecule has 0 fully saturated rings. The van der Waals surface area contributed by atoms with Crippen molar-refractivity contribution >= 4 is 5.97 Å². The molecule has 0 spiro atoms. The van der Waals surface area contributed by atoms with E-state index in [9.17, 15) is 4.79 Å². The third-order valence-electron chi connectivity index (χ3n) is 2.22. The van der Waals surface area contributed by atoms with Crippen LogP contribution in [0.25, 0.3) is 11.1 Å². The number of carboxylic acid groups (broad SMARTS) is 1. The number of aromatic nitrogens is 2. The van der Waals surface area contributed by atoms with Crippen molar-refractivity contribution in [1.82, 2.24) is 9.97 Å². The Labute approximate surface area is 92.6 Å². The van der Waals surface area contributed by atoms with Gasteiger partial charge in [0.25, 0.3) is 0 Å². The molecule has 4 heteroatoms. The summed E-state index contributed by atoms with van der Waals surface area (Å²) >= 11 is 0. The summed E-state index contributed by atoms with van der Waals surface area (Å²) < 4.78 is 0. The molecule has 1 N–H and O–H groups in total. The van der Waals surface area contributed by atoms with Gasteiger partial charge in [0, 0.05) is 29.8 Å². The molecule has 0 saturated heterocycles. The highest BCUT2D eigenvalue weighted by molar-refractivity contribution is 5.88. The second kappa shape index (κ2) is 4.10. The number of hydrogen-bond acceptors (Lipinski definition) is 3. The van der Waals surface area contributed by atoms with E-state index < -0.39 is 5.97 Å². The molecule has 0 aromatic carbocycles. The van der Waals surface area contributed by atoms with Crippen molar-refractivity contribution in [3.05, 3.63) is 48.0 Å². The molecule has 80 valence electrons. The van der Waals surface area contributed by atoms with Crippen LogP contribution >= 0.6 is 0 Å². The normalized spacial score (nSPS) is 10.1. The van der Waals surface area contributed by atoms with Crippen molar-refractivity contribution in [2.24, 2.45) is 0 Å². The highest BCUT2D eigenvalue weighted by Crippen LogP contribution is 2.19. The smallest absolute Gasteiger partial charge is 0.337 e. The van der Waals surface area contributed by atoms with Gasteiger partial charge in [-0.25, -0.2) is 4.79 Å². The fourth-order valence-electron chi connectivity index (χ4n) is 1.44. The molecule has 16 heavy (non-hydrogen) atoms. The maximum atomic E-state index is 10.8. The van der Waals surface area contributed by atoms with E-state index in [1.54, 1.807) is 18.5 Å². The van der Waals surface area contributed by atoms with Crippen molar-refractivity contribution in [3.8, 4) is 11.1 Å². The number of carbonyl (C=O) groups is 1. The van der Waals surface area contributed by atoms with Crippen LogP contribution in [0.5, 0.6) is 0 Å². The van der Waals surface area contributed by atoms with E-state index in [1.807, 2.05) is 19.1 Å². The van der Waals surface area contributed by atoms with Gasteiger partial charge in [0.1, 0.15) is 0 Å². The lowest BCUT2D eigenvalue weighted by atomic mass is 10.1. The van der Waals surface area contributed by atoms with Gasteiger partial charge in [-0.3, -0.25) is 9.97 Å². The monoisotopic (exact) mass is 214 g/mol. The summed E-state index contributed by atoms with van der Waals surface area (Å²) in [6.45, 7) is 1.89. The quantitative estimate of drug-likeness (QED) is 0.831. The van der Waals surface area contributed by atoms with Crippen molar-refractivity contribution in [1.29, 1.82) is 0 Å². The Balaban J connectivity index is 2.48. The van der Waals surface area contributed by atoms with Gasteiger partial charge in [-0.1, -0.05) is 0 Å². The lowest BCUT2D eigenvalue weighted by molar-refractivity contribution is 0.0696. The summed E-state index contributed by atoms with van der Waals surface area (Å²) in [6.07, 6.45) is 4.67. The molecule has 0 bridgehead atoms. The van der Waals surface area contributed by atoms with Gasteiger partial charge in [-0.15, -0.1) is 0 Å². The van der Waals surface area contributed by atoms with Crippen LogP contribution in [-0.2, 0) is 0 Å². The molecular weight excluding hydrogens is 204 g/mol. The summed E-state index contributed by atoms with van der Waals surface area (Å²) in [5.74, 6) is -0.972. The average molecular weight is 214 g/mol. The van der Waals surface area contributed by atoms with Gasteiger partial charge >= 0.3 is 5.97 Å². The standard InChI is InChI=1S/C12H10N2O2/c1-8-4-9(2-3-14-8)10-5-11(12(15)16)7-13-6-10/h2-7H,1H3,(H,15,16). The zero-order chi connectivity index (χ0) is 11.5. The Kier molecular flexibility index (Phi) is 2.64. The molecule has 0 unspecified atom stereocenters. The molecule has 2 heterocycles. The maximum absolute atomic E-state index is 10.8. The van der Waals surface area contributed by atoms with E-state index in [2.05, 4.69) is 9.97 Å². The minimum Gasteiger partial charge on any atom is -0.478 e. The molecule has 2 aromatic rings. The van der Waals surface area contributed by atoms with Gasteiger partial charge in [0.2, 0.25) is 0 Å². The van der Waals surface area contributed by atoms with Crippen LogP contribution in [-0.4, -0.2) is 21.0 Å². The minimum atomic E-state index is -0.972. The highest BCUT2D eigenvalue weighted by atomic mass is 16.4. The van der Waals surface area contributed by atoms with Crippen LogP contribution in [0.15, 0.2) is 36.8 Å². The molecule has 0 amide bonds. The fourth-order valence-corrected chi connectivity index (χ4v) is 1.44. The number of aromatic carboxylic acids is 1. The first-order valence-corrected chi connectivity index (χ1v) is 4.78. The Hall–Kier alpha value is -2.23. The van der Waals surface area contributed by atoms with Crippen molar-refractivity contribution in [3.63, 3.8) is 0 Å². The number of hydrogen-bond donors (Lipinski definition) is 1. The molecule has 4 nitrogen and oxygen atoms in total. The number of carboxylic acids is 1. The molecule has 0 aliphatic rings. The summed E-state index contributed by atoms with van der Waals surface area (Å²) in [5, 5.41) is 8.86. The third-order valence-corrected chi connectivity index (χ3v) is 2.22. The predicted molar refractivity (Wildman–Crippen MR) is 59.2 cm³/mol. The zero-order valence-electron chi connectivity index (χ0n) is 8.71. The Bertz CT molecular complexity index is 538. The molecule has 0 atom stereocenters. The molecular formula is C12H10N2O2. The van der Waals surface area contributed by atoms with Gasteiger partial charge in [-0.05, 0) is 30.7 Å². The van der Waals surface area contributed by atoms with Crippen LogP contribution in [0.1, 0.15) is 16.1 Å². The van der Waals surface area contributed by atoms with Gasteiger partial charge in [0.15, 0.2) is 0 Å². The second-order valence-electron chi connectivity index (χ2n) is 3.45. The summed E-state index contributed by atoms with van der Waals surface area (Å²) in [6, 6.07) is 5.32. The van der Waals surface area contributed by atoms with Crippen LogP contribution in [0, 0.1) is 6.92 Å². The molecule has 2 aromatic heterocycles. The van der Waals surface area contributed by atoms with Crippen molar-refractivity contribution in [2.45, 2.75) is 6.92 Å². The van der Waals surface area contributed by atoms with E-state index in [-0.39, 0.29) is 5.56 Å². The van der Waals surface area contributed by atoms with E-state index in [4.69, 9.17) is 5.11 Å². The van der Waals surface area contributed by atoms with Crippen LogP contribution < -0.4 is 0 Å². The second-order valence-corrected chi connectivity index (χ2v) is 3.45. The maximum Gasteiger partial charge on any atom is 0.337 e. The van der Waals surface area contributed by atoms with E-state index in [0.29, 0.717) is 0 Å². The van der Waals surface area contributed by atoms with E-state index >= 15 is 0 Å². The fraction of sp³-hybridized carbons (Fsp3) is 0.0833. The number of aryl methyl sites for hydroxylation is 1. The number of nitrogens with zero attached hydrogens (tertiary/aromatic N) is 2. The summed E-state index contributed by atoms with van der Waals surface area (Å²) in [5.41, 5.74) is 2.78. The van der Waals surface area contributed by atoms with E-state index in [1.165, 1.54) is 6.20 Å². The molecule has 2 rings (SSSR count). The summed E-state index contributed by atoms with van der Waals surface area (Å²) in [7, 11) is 0. The van der Waals surface area contributed by atoms with E-state index in [0.717, 1.165) is 16.8 Å². The lowest BCUT2D eigenvalue weighted by Crippen LogP contribution is -1.97. The van der Waals surface area contributed by atoms with Gasteiger partial charge < -0.3 is 5.11 Å². The SMILES string of the molecule is Cc1cc(-c2cncc(C(=O)O)c2)ccn1. The molecule has 0 saturated carbocycles. The number of pyridine rings is 2. The topological polar surface area (TPSA) is 63.1 Å². The first-order valence-electron chi connectivity index (χ1n) is 4.78. The lowest BCUT2D eigenvalue weighted by Gasteiger charge is -2.02. The predicted octanol–water partition coefficient (Wildman–Crippen LogP) is 2.15. The average Bonchev–Trinajstić information content (AvgIpc) is 2.29. The zero-order valence-corrected chi connectivity index (χ0v) is 8.71. The van der Waals surface area contributed by atoms with Crippen LogP contribution in [0.2, 0.25) is 0 Å².